The quantitative estimate of drug-likeness (QED) is 0.759. The minimum atomic E-state index is -1.17. The van der Waals surface area contributed by atoms with Crippen LogP contribution in [0.15, 0.2) is 22.7 Å². The Morgan fingerprint density at radius 3 is 2.75 bits per heavy atom. The molecule has 0 unspecified atom stereocenters. The van der Waals surface area contributed by atoms with Gasteiger partial charge in [0.2, 0.25) is 0 Å². The van der Waals surface area contributed by atoms with Crippen molar-refractivity contribution in [3.63, 3.8) is 0 Å². The summed E-state index contributed by atoms with van der Waals surface area (Å²) in [5.74, 6) is -1.63. The number of likely N-dealkylation sites (tertiary alicyclic amines) is 1. The van der Waals surface area contributed by atoms with Crippen LogP contribution in [0.25, 0.3) is 0 Å². The van der Waals surface area contributed by atoms with Gasteiger partial charge < -0.3 is 20.4 Å². The van der Waals surface area contributed by atoms with Crippen molar-refractivity contribution >= 4 is 33.6 Å². The topological polar surface area (TPSA) is 89.9 Å². The lowest BCUT2D eigenvalue weighted by molar-refractivity contribution is -0.141. The van der Waals surface area contributed by atoms with Gasteiger partial charge in [-0.15, -0.1) is 0 Å². The van der Waals surface area contributed by atoms with Gasteiger partial charge in [0.1, 0.15) is 11.9 Å². The summed E-state index contributed by atoms with van der Waals surface area (Å²) in [4.78, 5) is 24.1. The first-order chi connectivity index (χ1) is 9.38. The lowest BCUT2D eigenvalue weighted by Gasteiger charge is -2.21. The molecule has 0 saturated carbocycles. The third-order valence-corrected chi connectivity index (χ3v) is 3.65. The molecular weight excluding hydrogens is 335 g/mol. The number of amides is 2. The lowest BCUT2D eigenvalue weighted by atomic mass is 10.2. The number of carbonyl (C=O) groups is 2. The average Bonchev–Trinajstić information content (AvgIpc) is 2.75. The molecule has 0 radical (unpaired) electrons. The molecule has 0 bridgehead atoms. The Bertz CT molecular complexity index is 554. The maximum Gasteiger partial charge on any atom is 0.326 e. The number of β-amino-alcohol motifs (C(OH)–C–C–N with tert-alkyl or cyclic N) is 1. The number of hydrogen-bond donors (Lipinski definition) is 3. The van der Waals surface area contributed by atoms with E-state index in [0.717, 1.165) is 4.90 Å². The van der Waals surface area contributed by atoms with E-state index in [1.807, 2.05) is 0 Å². The van der Waals surface area contributed by atoms with Gasteiger partial charge in [-0.2, -0.15) is 0 Å². The van der Waals surface area contributed by atoms with Crippen molar-refractivity contribution in [3.8, 4) is 0 Å². The molecule has 0 spiro atoms. The molecule has 1 heterocycles. The molecule has 0 aliphatic carbocycles. The second-order valence-electron chi connectivity index (χ2n) is 4.45. The Hall–Kier alpha value is -1.67. The van der Waals surface area contributed by atoms with E-state index in [1.54, 1.807) is 0 Å². The molecule has 2 rings (SSSR count). The van der Waals surface area contributed by atoms with Crippen LogP contribution < -0.4 is 5.32 Å². The molecule has 3 N–H and O–H groups in total. The molecule has 6 nitrogen and oxygen atoms in total. The number of aliphatic hydroxyl groups is 1. The first kappa shape index (κ1) is 14.7. The number of aliphatic carboxylic acids is 1. The van der Waals surface area contributed by atoms with Crippen LogP contribution in [0.4, 0.5) is 14.9 Å². The van der Waals surface area contributed by atoms with E-state index >= 15 is 0 Å². The number of benzene rings is 1. The minimum absolute atomic E-state index is 0.00661. The molecule has 108 valence electrons. The molecule has 1 saturated heterocycles. The Kier molecular flexibility index (Phi) is 4.24. The summed E-state index contributed by atoms with van der Waals surface area (Å²) in [5, 5.41) is 21.0. The van der Waals surface area contributed by atoms with Gasteiger partial charge >= 0.3 is 12.0 Å². The van der Waals surface area contributed by atoms with Gasteiger partial charge in [0.05, 0.1) is 11.8 Å². The van der Waals surface area contributed by atoms with Gasteiger partial charge in [-0.1, -0.05) is 0 Å². The fraction of sp³-hybridized carbons (Fsp3) is 0.333. The van der Waals surface area contributed by atoms with Crippen molar-refractivity contribution in [2.45, 2.75) is 18.6 Å². The number of rotatable bonds is 2. The Labute approximate surface area is 122 Å². The summed E-state index contributed by atoms with van der Waals surface area (Å²) in [6.07, 6.45) is -0.869. The lowest BCUT2D eigenvalue weighted by Crippen LogP contribution is -2.43. The normalized spacial score (nSPS) is 21.9. The maximum atomic E-state index is 12.9. The van der Waals surface area contributed by atoms with Crippen LogP contribution in [-0.2, 0) is 4.79 Å². The summed E-state index contributed by atoms with van der Waals surface area (Å²) < 4.78 is 13.3. The van der Waals surface area contributed by atoms with Gasteiger partial charge in [-0.3, -0.25) is 0 Å². The third-order valence-electron chi connectivity index (χ3n) is 3.00. The number of anilines is 1. The van der Waals surface area contributed by atoms with Crippen molar-refractivity contribution < 1.29 is 24.2 Å². The second-order valence-corrected chi connectivity index (χ2v) is 5.30. The zero-order valence-electron chi connectivity index (χ0n) is 10.2. The molecule has 8 heteroatoms. The molecule has 1 aromatic rings. The number of carboxylic acid groups (broad SMARTS) is 1. The summed E-state index contributed by atoms with van der Waals surface area (Å²) in [7, 11) is 0. The predicted octanol–water partition coefficient (Wildman–Crippen LogP) is 1.64. The van der Waals surface area contributed by atoms with Crippen LogP contribution in [0.1, 0.15) is 6.42 Å². The van der Waals surface area contributed by atoms with E-state index in [1.165, 1.54) is 18.2 Å². The highest BCUT2D eigenvalue weighted by Crippen LogP contribution is 2.25. The van der Waals surface area contributed by atoms with Gasteiger partial charge in [0, 0.05) is 17.4 Å². The summed E-state index contributed by atoms with van der Waals surface area (Å²) in [6.45, 7) is -0.0540. The molecule has 1 aliphatic heterocycles. The molecule has 1 aromatic carbocycles. The highest BCUT2D eigenvalue weighted by Gasteiger charge is 2.39. The number of carboxylic acids is 1. The number of halogens is 2. The molecule has 2 amide bonds. The standard InChI is InChI=1S/C12H12BrFN2O4/c13-8-3-6(14)1-2-9(8)15-12(20)16-5-7(17)4-10(16)11(18)19/h1-3,7,10,17H,4-5H2,(H,15,20)(H,18,19)/t7-,10-/m1/s1. The average molecular weight is 347 g/mol. The van der Waals surface area contributed by atoms with E-state index in [2.05, 4.69) is 21.2 Å². The number of carbonyl (C=O) groups excluding carboxylic acids is 1. The van der Waals surface area contributed by atoms with E-state index in [-0.39, 0.29) is 13.0 Å². The number of hydrogen-bond acceptors (Lipinski definition) is 3. The first-order valence-electron chi connectivity index (χ1n) is 5.82. The van der Waals surface area contributed by atoms with Gasteiger partial charge in [0.15, 0.2) is 0 Å². The molecular formula is C12H12BrFN2O4. The zero-order valence-corrected chi connectivity index (χ0v) is 11.8. The fourth-order valence-electron chi connectivity index (χ4n) is 2.05. The van der Waals surface area contributed by atoms with E-state index in [9.17, 15) is 19.1 Å². The van der Waals surface area contributed by atoms with Crippen LogP contribution in [0.5, 0.6) is 0 Å². The Morgan fingerprint density at radius 1 is 1.45 bits per heavy atom. The van der Waals surface area contributed by atoms with Crippen LogP contribution in [0.3, 0.4) is 0 Å². The molecule has 2 atom stereocenters. The largest absolute Gasteiger partial charge is 0.480 e. The first-order valence-corrected chi connectivity index (χ1v) is 6.61. The van der Waals surface area contributed by atoms with Crippen molar-refractivity contribution in [1.82, 2.24) is 4.90 Å². The highest BCUT2D eigenvalue weighted by molar-refractivity contribution is 9.10. The number of urea groups is 1. The van der Waals surface area contributed by atoms with Crippen molar-refractivity contribution in [2.24, 2.45) is 0 Å². The van der Waals surface area contributed by atoms with Crippen LogP contribution in [-0.4, -0.2) is 45.8 Å². The number of nitrogens with one attached hydrogen (secondary N) is 1. The SMILES string of the molecule is O=C(O)[C@H]1C[C@@H](O)CN1C(=O)Nc1ccc(F)cc1Br. The van der Waals surface area contributed by atoms with Gasteiger partial charge in [-0.05, 0) is 34.1 Å². The van der Waals surface area contributed by atoms with E-state index in [4.69, 9.17) is 5.11 Å². The molecule has 0 aromatic heterocycles. The molecule has 1 fully saturated rings. The summed E-state index contributed by atoms with van der Waals surface area (Å²) in [6, 6.07) is 2.00. The van der Waals surface area contributed by atoms with Crippen LogP contribution >= 0.6 is 15.9 Å². The summed E-state index contributed by atoms with van der Waals surface area (Å²) in [5.41, 5.74) is 0.321. The smallest absolute Gasteiger partial charge is 0.326 e. The minimum Gasteiger partial charge on any atom is -0.480 e. The van der Waals surface area contributed by atoms with Crippen molar-refractivity contribution in [1.29, 1.82) is 0 Å². The Balaban J connectivity index is 2.13. The fourth-order valence-corrected chi connectivity index (χ4v) is 2.50. The van der Waals surface area contributed by atoms with Crippen LogP contribution in [0, 0.1) is 5.82 Å². The maximum absolute atomic E-state index is 12.9. The number of aliphatic hydroxyl groups excluding tert-OH is 1. The van der Waals surface area contributed by atoms with E-state index < -0.39 is 30.0 Å². The van der Waals surface area contributed by atoms with Gasteiger partial charge in [0.25, 0.3) is 0 Å². The van der Waals surface area contributed by atoms with Crippen LogP contribution in [0.2, 0.25) is 0 Å². The van der Waals surface area contributed by atoms with E-state index in [0.29, 0.717) is 10.2 Å². The highest BCUT2D eigenvalue weighted by atomic mass is 79.9. The monoisotopic (exact) mass is 346 g/mol. The predicted molar refractivity (Wildman–Crippen MR) is 71.9 cm³/mol. The molecule has 20 heavy (non-hydrogen) atoms. The second kappa shape index (κ2) is 5.76. The van der Waals surface area contributed by atoms with Gasteiger partial charge in [-0.25, -0.2) is 14.0 Å². The third kappa shape index (κ3) is 3.07. The zero-order chi connectivity index (χ0) is 14.9. The van der Waals surface area contributed by atoms with Crippen molar-refractivity contribution in [2.75, 3.05) is 11.9 Å². The van der Waals surface area contributed by atoms with Crippen molar-refractivity contribution in [3.05, 3.63) is 28.5 Å². The Morgan fingerprint density at radius 2 is 2.15 bits per heavy atom. The number of nitrogens with zero attached hydrogens (tertiary/aromatic N) is 1. The molecule has 1 aliphatic rings. The summed E-state index contributed by atoms with van der Waals surface area (Å²) >= 11 is 3.10.